The highest BCUT2D eigenvalue weighted by atomic mass is 16.6. The molecule has 0 aliphatic rings. The fourth-order valence-corrected chi connectivity index (χ4v) is 6.78. The fraction of sp³-hybridized carbons (Fsp3) is 0.685. The van der Waals surface area contributed by atoms with Crippen molar-refractivity contribution in [1.29, 1.82) is 0 Å². The van der Waals surface area contributed by atoms with E-state index in [1.165, 1.54) is 57.8 Å². The molecule has 0 aliphatic heterocycles. The lowest BCUT2D eigenvalue weighted by atomic mass is 10.1. The minimum Gasteiger partial charge on any atom is -0.544 e. The Morgan fingerprint density at radius 3 is 1.26 bits per heavy atom. The number of hydrogen-bond acceptors (Lipinski definition) is 7. The summed E-state index contributed by atoms with van der Waals surface area (Å²) in [5, 5.41) is 11.7. The summed E-state index contributed by atoms with van der Waals surface area (Å²) in [5.41, 5.74) is 0. The third-order valence-electron chi connectivity index (χ3n) is 10.5. The summed E-state index contributed by atoms with van der Waals surface area (Å²) in [4.78, 5) is 37.0. The van der Waals surface area contributed by atoms with Crippen LogP contribution >= 0.6 is 0 Å². The highest BCUT2D eigenvalue weighted by Crippen LogP contribution is 2.14. The first-order valence-electron chi connectivity index (χ1n) is 24.6. The molecule has 0 amide bonds. The molecule has 0 saturated carbocycles. The second-order valence-electron chi connectivity index (χ2n) is 17.3. The number of likely N-dealkylation sites (N-methyl/N-ethyl adjacent to an activating group) is 1. The molecule has 62 heavy (non-hydrogen) atoms. The smallest absolute Gasteiger partial charge is 0.306 e. The van der Waals surface area contributed by atoms with Crippen molar-refractivity contribution >= 4 is 17.9 Å². The predicted octanol–water partition coefficient (Wildman–Crippen LogP) is 12.7. The number of esters is 2. The van der Waals surface area contributed by atoms with Crippen molar-refractivity contribution in [3.8, 4) is 0 Å². The second kappa shape index (κ2) is 44.1. The van der Waals surface area contributed by atoms with Crippen molar-refractivity contribution in [2.75, 3.05) is 41.0 Å². The van der Waals surface area contributed by atoms with Gasteiger partial charge in [0.15, 0.2) is 6.10 Å². The SMILES string of the molecule is CC/C=C\C/C=C\C/C=C\C/C=C\CCCCCCCCCCC(=O)OC(COCCC(C(=O)[O-])[N+](C)(C)C)COC(=O)CCCCCCCCC/C=C\C/C=C\C/C=C\CC. The zero-order valence-corrected chi connectivity index (χ0v) is 40.3. The van der Waals surface area contributed by atoms with Gasteiger partial charge in [0.2, 0.25) is 0 Å². The summed E-state index contributed by atoms with van der Waals surface area (Å²) in [6.45, 7) is 4.42. The maximum Gasteiger partial charge on any atom is 0.306 e. The molecule has 0 saturated heterocycles. The third-order valence-corrected chi connectivity index (χ3v) is 10.5. The lowest BCUT2D eigenvalue weighted by Crippen LogP contribution is -2.55. The van der Waals surface area contributed by atoms with E-state index < -0.39 is 18.1 Å². The Kier molecular flexibility index (Phi) is 41.6. The Hall–Kier alpha value is -3.49. The van der Waals surface area contributed by atoms with Gasteiger partial charge in [-0.15, -0.1) is 0 Å². The van der Waals surface area contributed by atoms with Gasteiger partial charge in [0.05, 0.1) is 40.3 Å². The van der Waals surface area contributed by atoms with Crippen LogP contribution in [0, 0.1) is 0 Å². The van der Waals surface area contributed by atoms with Gasteiger partial charge in [-0.1, -0.05) is 170 Å². The number of carbonyl (C=O) groups excluding carboxylic acids is 3. The average Bonchev–Trinajstić information content (AvgIpc) is 3.23. The Morgan fingerprint density at radius 1 is 0.484 bits per heavy atom. The van der Waals surface area contributed by atoms with Crippen molar-refractivity contribution < 1.29 is 38.2 Å². The molecule has 0 heterocycles. The van der Waals surface area contributed by atoms with Crippen LogP contribution in [0.15, 0.2) is 85.1 Å². The topological polar surface area (TPSA) is 102 Å². The molecule has 2 unspecified atom stereocenters. The first-order valence-corrected chi connectivity index (χ1v) is 24.6. The van der Waals surface area contributed by atoms with Gasteiger partial charge >= 0.3 is 11.9 Å². The van der Waals surface area contributed by atoms with Crippen LogP contribution in [-0.4, -0.2) is 75.5 Å². The number of hydrogen-bond donors (Lipinski definition) is 0. The number of carboxylic acids is 1. The minimum atomic E-state index is -1.13. The molecule has 0 aromatic heterocycles. The number of carboxylic acid groups (broad SMARTS) is 1. The standard InChI is InChI=1S/C54H91NO7/c1-6-8-10-12-14-16-18-20-22-24-25-26-27-29-31-33-35-37-39-41-43-45-53(57)62-50(48-60-47-46-51(54(58)59)55(3,4)5)49-61-52(56)44-42-40-38-36-34-32-30-28-23-21-19-17-15-13-11-9-7-2/h8-11,14-17,20-23,25-26,50-51H,6-7,12-13,18-19,24,27-49H2,1-5H3/b10-8-,11-9-,16-14-,17-15-,22-20-,23-21-,26-25-. The van der Waals surface area contributed by atoms with E-state index in [1.807, 2.05) is 0 Å². The van der Waals surface area contributed by atoms with Crippen LogP contribution in [0.5, 0.6) is 0 Å². The molecule has 0 fully saturated rings. The Labute approximate surface area is 380 Å². The van der Waals surface area contributed by atoms with E-state index in [0.717, 1.165) is 96.3 Å². The summed E-state index contributed by atoms with van der Waals surface area (Å²) in [5.74, 6) is -1.76. The van der Waals surface area contributed by atoms with Crippen molar-refractivity contribution in [3.63, 3.8) is 0 Å². The van der Waals surface area contributed by atoms with Gasteiger partial charge < -0.3 is 28.6 Å². The molecule has 2 atom stereocenters. The highest BCUT2D eigenvalue weighted by Gasteiger charge is 2.25. The zero-order chi connectivity index (χ0) is 45.6. The first-order chi connectivity index (χ1) is 30.1. The summed E-state index contributed by atoms with van der Waals surface area (Å²) < 4.78 is 17.2. The van der Waals surface area contributed by atoms with E-state index in [0.29, 0.717) is 12.8 Å². The van der Waals surface area contributed by atoms with Gasteiger partial charge in [0.1, 0.15) is 12.6 Å². The van der Waals surface area contributed by atoms with E-state index >= 15 is 0 Å². The normalized spacial score (nSPS) is 13.6. The lowest BCUT2D eigenvalue weighted by Gasteiger charge is -2.34. The van der Waals surface area contributed by atoms with Gasteiger partial charge in [-0.3, -0.25) is 9.59 Å². The van der Waals surface area contributed by atoms with E-state index in [4.69, 9.17) is 14.2 Å². The molecule has 8 heteroatoms. The van der Waals surface area contributed by atoms with E-state index in [1.54, 1.807) is 21.1 Å². The molecule has 8 nitrogen and oxygen atoms in total. The van der Waals surface area contributed by atoms with Crippen LogP contribution in [0.1, 0.15) is 187 Å². The van der Waals surface area contributed by atoms with Crippen molar-refractivity contribution in [2.45, 2.75) is 199 Å². The second-order valence-corrected chi connectivity index (χ2v) is 17.3. The Balaban J connectivity index is 4.31. The van der Waals surface area contributed by atoms with Crippen molar-refractivity contribution in [1.82, 2.24) is 0 Å². The number of nitrogens with zero attached hydrogens (tertiary/aromatic N) is 1. The van der Waals surface area contributed by atoms with Crippen LogP contribution in [0.25, 0.3) is 0 Å². The molecular weight excluding hydrogens is 775 g/mol. The molecule has 0 aliphatic carbocycles. The van der Waals surface area contributed by atoms with E-state index in [2.05, 4.69) is 98.9 Å². The number of carbonyl (C=O) groups is 3. The highest BCUT2D eigenvalue weighted by molar-refractivity contribution is 5.70. The molecule has 354 valence electrons. The van der Waals surface area contributed by atoms with Gasteiger partial charge in [-0.25, -0.2) is 0 Å². The van der Waals surface area contributed by atoms with Gasteiger partial charge in [-0.05, 0) is 83.5 Å². The van der Waals surface area contributed by atoms with Crippen molar-refractivity contribution in [2.24, 2.45) is 0 Å². The molecule has 0 rings (SSSR count). The van der Waals surface area contributed by atoms with Crippen LogP contribution in [-0.2, 0) is 28.6 Å². The van der Waals surface area contributed by atoms with Crippen LogP contribution in [0.4, 0.5) is 0 Å². The predicted molar refractivity (Wildman–Crippen MR) is 258 cm³/mol. The summed E-state index contributed by atoms with van der Waals surface area (Å²) in [6, 6.07) is -0.734. The van der Waals surface area contributed by atoms with Crippen LogP contribution < -0.4 is 5.11 Å². The van der Waals surface area contributed by atoms with Gasteiger partial charge in [0, 0.05) is 19.3 Å². The van der Waals surface area contributed by atoms with E-state index in [9.17, 15) is 19.5 Å². The van der Waals surface area contributed by atoms with Gasteiger partial charge in [-0.2, -0.15) is 0 Å². The van der Waals surface area contributed by atoms with E-state index in [-0.39, 0.29) is 42.7 Å². The number of allylic oxidation sites excluding steroid dienone is 14. The summed E-state index contributed by atoms with van der Waals surface area (Å²) >= 11 is 0. The zero-order valence-electron chi connectivity index (χ0n) is 40.3. The Bertz CT molecular complexity index is 1290. The number of ether oxygens (including phenoxy) is 3. The molecule has 0 bridgehead atoms. The van der Waals surface area contributed by atoms with Gasteiger partial charge in [0.25, 0.3) is 0 Å². The number of unbranched alkanes of at least 4 members (excludes halogenated alkanes) is 15. The number of aliphatic carboxylic acids is 1. The number of quaternary nitrogens is 1. The van der Waals surface area contributed by atoms with Crippen molar-refractivity contribution in [3.05, 3.63) is 85.1 Å². The minimum absolute atomic E-state index is 0.0298. The maximum atomic E-state index is 12.8. The monoisotopic (exact) mass is 866 g/mol. The number of rotatable bonds is 43. The van der Waals surface area contributed by atoms with Crippen LogP contribution in [0.2, 0.25) is 0 Å². The Morgan fingerprint density at radius 2 is 0.855 bits per heavy atom. The quantitative estimate of drug-likeness (QED) is 0.0260. The largest absolute Gasteiger partial charge is 0.544 e. The lowest BCUT2D eigenvalue weighted by molar-refractivity contribution is -0.889. The molecule has 0 radical (unpaired) electrons. The molecule has 0 aromatic carbocycles. The third kappa shape index (κ3) is 41.8. The molecular formula is C54H91NO7. The van der Waals surface area contributed by atoms with Crippen LogP contribution in [0.3, 0.4) is 0 Å². The summed E-state index contributed by atoms with van der Waals surface area (Å²) in [6.07, 6.45) is 57.5. The first kappa shape index (κ1) is 58.5. The fourth-order valence-electron chi connectivity index (χ4n) is 6.78. The average molecular weight is 866 g/mol. The molecule has 0 aromatic rings. The molecule has 0 N–H and O–H groups in total. The molecule has 0 spiro atoms. The maximum absolute atomic E-state index is 12.8. The summed E-state index contributed by atoms with van der Waals surface area (Å²) in [7, 11) is 5.40.